The van der Waals surface area contributed by atoms with Crippen molar-refractivity contribution in [2.24, 2.45) is 10.9 Å². The summed E-state index contributed by atoms with van der Waals surface area (Å²) in [4.78, 5) is 0.832. The fourth-order valence-electron chi connectivity index (χ4n) is 0.955. The smallest absolute Gasteiger partial charge is 0.170 e. The number of hydrogen-bond donors (Lipinski definition) is 3. The van der Waals surface area contributed by atoms with Gasteiger partial charge in [-0.2, -0.15) is 0 Å². The van der Waals surface area contributed by atoms with E-state index >= 15 is 0 Å². The van der Waals surface area contributed by atoms with E-state index in [1.54, 1.807) is 6.07 Å². The predicted molar refractivity (Wildman–Crippen MR) is 50.9 cm³/mol. The van der Waals surface area contributed by atoms with Gasteiger partial charge in [0, 0.05) is 10.5 Å². The molecule has 0 aliphatic rings. The van der Waals surface area contributed by atoms with Gasteiger partial charge in [-0.25, -0.2) is 0 Å². The summed E-state index contributed by atoms with van der Waals surface area (Å²) in [6.45, 7) is 1.87. The Morgan fingerprint density at radius 3 is 2.83 bits per heavy atom. The van der Waals surface area contributed by atoms with Gasteiger partial charge in [0.2, 0.25) is 0 Å². The molecule has 0 unspecified atom stereocenters. The van der Waals surface area contributed by atoms with Crippen molar-refractivity contribution in [3.8, 4) is 0 Å². The lowest BCUT2D eigenvalue weighted by Crippen LogP contribution is -2.14. The quantitative estimate of drug-likeness (QED) is 0.202. The largest absolute Gasteiger partial charge is 0.409 e. The standard InChI is InChI=1S/C8H10N2OS/c1-5-6(8(9)10-11)3-2-4-7(5)12/h2-4,11-12H,1H3,(H2,9,10). The molecule has 0 atom stereocenters. The van der Waals surface area contributed by atoms with Crippen molar-refractivity contribution in [2.45, 2.75) is 11.8 Å². The van der Waals surface area contributed by atoms with Crippen molar-refractivity contribution in [2.75, 3.05) is 0 Å². The van der Waals surface area contributed by atoms with Gasteiger partial charge in [-0.3, -0.25) is 0 Å². The minimum Gasteiger partial charge on any atom is -0.409 e. The first-order valence-electron chi connectivity index (χ1n) is 3.43. The van der Waals surface area contributed by atoms with Crippen molar-refractivity contribution < 1.29 is 5.21 Å². The molecule has 0 heterocycles. The normalized spacial score (nSPS) is 11.7. The van der Waals surface area contributed by atoms with Crippen molar-refractivity contribution in [3.05, 3.63) is 29.3 Å². The highest BCUT2D eigenvalue weighted by Gasteiger charge is 2.04. The monoisotopic (exact) mass is 182 g/mol. The molecule has 1 rings (SSSR count). The van der Waals surface area contributed by atoms with Crippen molar-refractivity contribution in [1.29, 1.82) is 0 Å². The van der Waals surface area contributed by atoms with E-state index in [-0.39, 0.29) is 5.84 Å². The molecule has 3 N–H and O–H groups in total. The summed E-state index contributed by atoms with van der Waals surface area (Å²) in [6.07, 6.45) is 0. The summed E-state index contributed by atoms with van der Waals surface area (Å²) in [5.74, 6) is 0.114. The van der Waals surface area contributed by atoms with Gasteiger partial charge in [-0.1, -0.05) is 17.3 Å². The Labute approximate surface area is 76.3 Å². The van der Waals surface area contributed by atoms with E-state index in [1.165, 1.54) is 0 Å². The average Bonchev–Trinajstić information content (AvgIpc) is 2.08. The second-order valence-electron chi connectivity index (χ2n) is 2.43. The number of rotatable bonds is 1. The number of thiol groups is 1. The van der Waals surface area contributed by atoms with E-state index in [0.717, 1.165) is 10.5 Å². The lowest BCUT2D eigenvalue weighted by Gasteiger charge is -2.04. The zero-order valence-corrected chi connectivity index (χ0v) is 7.55. The zero-order chi connectivity index (χ0) is 9.14. The summed E-state index contributed by atoms with van der Waals surface area (Å²) in [6, 6.07) is 5.44. The zero-order valence-electron chi connectivity index (χ0n) is 6.65. The molecule has 0 spiro atoms. The van der Waals surface area contributed by atoms with E-state index in [1.807, 2.05) is 19.1 Å². The van der Waals surface area contributed by atoms with E-state index in [9.17, 15) is 0 Å². The Balaban J connectivity index is 3.26. The van der Waals surface area contributed by atoms with Crippen LogP contribution in [0.15, 0.2) is 28.3 Å². The van der Waals surface area contributed by atoms with E-state index in [2.05, 4.69) is 17.8 Å². The third kappa shape index (κ3) is 1.53. The molecule has 0 aliphatic carbocycles. The highest BCUT2D eigenvalue weighted by molar-refractivity contribution is 7.80. The number of nitrogens with zero attached hydrogens (tertiary/aromatic N) is 1. The molecule has 0 aliphatic heterocycles. The molecule has 1 aromatic carbocycles. The average molecular weight is 182 g/mol. The highest BCUT2D eigenvalue weighted by atomic mass is 32.1. The molecule has 0 saturated heterocycles. The lowest BCUT2D eigenvalue weighted by atomic mass is 10.1. The van der Waals surface area contributed by atoms with E-state index in [0.29, 0.717) is 5.56 Å². The maximum Gasteiger partial charge on any atom is 0.170 e. The molecule has 0 aromatic heterocycles. The molecule has 0 bridgehead atoms. The molecular formula is C8H10N2OS. The van der Waals surface area contributed by atoms with Gasteiger partial charge < -0.3 is 10.9 Å². The number of benzene rings is 1. The maximum atomic E-state index is 8.44. The Bertz CT molecular complexity index is 323. The van der Waals surface area contributed by atoms with Gasteiger partial charge in [0.05, 0.1) is 0 Å². The molecule has 3 nitrogen and oxygen atoms in total. The topological polar surface area (TPSA) is 58.6 Å². The summed E-state index contributed by atoms with van der Waals surface area (Å²) in [7, 11) is 0. The van der Waals surface area contributed by atoms with Crippen LogP contribution in [0.3, 0.4) is 0 Å². The lowest BCUT2D eigenvalue weighted by molar-refractivity contribution is 0.318. The SMILES string of the molecule is Cc1c(S)cccc1/C(N)=N/O. The van der Waals surface area contributed by atoms with Crippen molar-refractivity contribution >= 4 is 18.5 Å². The third-order valence-corrected chi connectivity index (χ3v) is 2.17. The fourth-order valence-corrected chi connectivity index (χ4v) is 1.16. The summed E-state index contributed by atoms with van der Waals surface area (Å²) in [5, 5.41) is 11.4. The molecule has 64 valence electrons. The molecule has 0 fully saturated rings. The summed E-state index contributed by atoms with van der Waals surface area (Å²) >= 11 is 4.21. The van der Waals surface area contributed by atoms with Crippen molar-refractivity contribution in [1.82, 2.24) is 0 Å². The molecular weight excluding hydrogens is 172 g/mol. The van der Waals surface area contributed by atoms with Crippen molar-refractivity contribution in [3.63, 3.8) is 0 Å². The van der Waals surface area contributed by atoms with Gasteiger partial charge in [-0.05, 0) is 18.6 Å². The minimum absolute atomic E-state index is 0.114. The first kappa shape index (κ1) is 8.93. The first-order valence-corrected chi connectivity index (χ1v) is 3.88. The fraction of sp³-hybridized carbons (Fsp3) is 0.125. The predicted octanol–water partition coefficient (Wildman–Crippen LogP) is 1.38. The Hall–Kier alpha value is -1.16. The van der Waals surface area contributed by atoms with Crippen LogP contribution in [0.1, 0.15) is 11.1 Å². The van der Waals surface area contributed by atoms with Gasteiger partial charge in [0.15, 0.2) is 5.84 Å². The second kappa shape index (κ2) is 3.49. The van der Waals surface area contributed by atoms with Crippen LogP contribution < -0.4 is 5.73 Å². The molecule has 4 heteroatoms. The Kier molecular flexibility index (Phi) is 2.60. The van der Waals surface area contributed by atoms with Crippen LogP contribution in [-0.4, -0.2) is 11.0 Å². The molecule has 0 saturated carbocycles. The number of nitrogens with two attached hydrogens (primary N) is 1. The molecule has 12 heavy (non-hydrogen) atoms. The maximum absolute atomic E-state index is 8.44. The van der Waals surface area contributed by atoms with Crippen LogP contribution in [-0.2, 0) is 0 Å². The van der Waals surface area contributed by atoms with Crippen LogP contribution in [0.4, 0.5) is 0 Å². The Morgan fingerprint density at radius 2 is 2.25 bits per heavy atom. The second-order valence-corrected chi connectivity index (χ2v) is 2.92. The van der Waals surface area contributed by atoms with Gasteiger partial charge >= 0.3 is 0 Å². The van der Waals surface area contributed by atoms with Crippen LogP contribution in [0.25, 0.3) is 0 Å². The van der Waals surface area contributed by atoms with Crippen LogP contribution >= 0.6 is 12.6 Å². The first-order chi connectivity index (χ1) is 5.66. The summed E-state index contributed by atoms with van der Waals surface area (Å²) in [5.41, 5.74) is 7.06. The third-order valence-electron chi connectivity index (χ3n) is 1.69. The van der Waals surface area contributed by atoms with Crippen LogP contribution in [0, 0.1) is 6.92 Å². The van der Waals surface area contributed by atoms with Gasteiger partial charge in [0.25, 0.3) is 0 Å². The van der Waals surface area contributed by atoms with Gasteiger partial charge in [0.1, 0.15) is 0 Å². The van der Waals surface area contributed by atoms with Crippen LogP contribution in [0.5, 0.6) is 0 Å². The Morgan fingerprint density at radius 1 is 1.58 bits per heavy atom. The minimum atomic E-state index is 0.114. The number of hydrogen-bond acceptors (Lipinski definition) is 3. The summed E-state index contributed by atoms with van der Waals surface area (Å²) < 4.78 is 0. The molecule has 1 aromatic rings. The number of oxime groups is 1. The highest BCUT2D eigenvalue weighted by Crippen LogP contribution is 2.16. The molecule has 0 amide bonds. The van der Waals surface area contributed by atoms with E-state index < -0.39 is 0 Å². The van der Waals surface area contributed by atoms with E-state index in [4.69, 9.17) is 10.9 Å². The molecule has 0 radical (unpaired) electrons. The van der Waals surface area contributed by atoms with Crippen LogP contribution in [0.2, 0.25) is 0 Å². The van der Waals surface area contributed by atoms with Gasteiger partial charge in [-0.15, -0.1) is 12.6 Å². The number of amidine groups is 1.